The summed E-state index contributed by atoms with van der Waals surface area (Å²) in [5.41, 5.74) is 1.46. The van der Waals surface area contributed by atoms with Gasteiger partial charge in [0.05, 0.1) is 44.6 Å². The molecule has 5 N–H and O–H groups in total. The van der Waals surface area contributed by atoms with Crippen LogP contribution in [0.15, 0.2) is 41.5 Å². The molecular formula is C57H85N9O13. The van der Waals surface area contributed by atoms with Crippen LogP contribution in [0.3, 0.4) is 0 Å². The van der Waals surface area contributed by atoms with Crippen molar-refractivity contribution in [3.05, 3.63) is 53.1 Å². The lowest BCUT2D eigenvalue weighted by Crippen LogP contribution is -2.63. The highest BCUT2D eigenvalue weighted by Crippen LogP contribution is 2.49. The molecule has 1 saturated heterocycles. The maximum atomic E-state index is 14.5. The number of nitrogens with one attached hydrogen (secondary N) is 1. The van der Waals surface area contributed by atoms with Crippen LogP contribution in [-0.2, 0) is 28.8 Å². The Morgan fingerprint density at radius 1 is 0.785 bits per heavy atom. The Morgan fingerprint density at radius 2 is 1.38 bits per heavy atom. The Balaban J connectivity index is 1.05. The summed E-state index contributed by atoms with van der Waals surface area (Å²) in [5, 5.41) is 49.6. The van der Waals surface area contributed by atoms with Gasteiger partial charge >= 0.3 is 23.9 Å². The summed E-state index contributed by atoms with van der Waals surface area (Å²) >= 11 is 0. The number of anilines is 1. The van der Waals surface area contributed by atoms with Crippen molar-refractivity contribution in [1.82, 2.24) is 34.7 Å². The minimum atomic E-state index is -1.40. The van der Waals surface area contributed by atoms with Crippen molar-refractivity contribution in [2.45, 2.75) is 109 Å². The van der Waals surface area contributed by atoms with E-state index in [4.69, 9.17) is 14.6 Å². The molecule has 2 aliphatic heterocycles. The van der Waals surface area contributed by atoms with Gasteiger partial charge in [-0.05, 0) is 131 Å². The minimum absolute atomic E-state index is 0.0133. The lowest BCUT2D eigenvalue weighted by atomic mass is 9.60. The van der Waals surface area contributed by atoms with Gasteiger partial charge in [-0.25, -0.2) is 4.79 Å². The standard InChI is InChI=1S/C57H85N9O13/c1-37(2)42-33-40(14-15-44(42)66-46(52-47(78-7)12-9-13-48(52)79-8)34-43(59-66)53(72)58-57(56(76)77)19-18-39-30-38(3)31-41(57)32-39)54(73)62(6)23-11-21-60(4)20-10-22-61(5)49(67)17-16-45(55(74)75)65-28-26-63(35-50(68)69)24-25-64(27-29-65)36-51(70)71/h9,12-15,33,37-39,41,45-46H,10-11,16-32,34-36H2,1-8H3,(H,58,72)(H,68,69)(H,70,71)(H,74,75)(H,76,77). The molecule has 0 radical (unpaired) electrons. The molecule has 3 fully saturated rings. The van der Waals surface area contributed by atoms with Gasteiger partial charge in [0.15, 0.2) is 0 Å². The molecule has 6 unspecified atom stereocenters. The second-order valence-corrected chi connectivity index (χ2v) is 22.6. The van der Waals surface area contributed by atoms with Crippen molar-refractivity contribution in [2.24, 2.45) is 22.9 Å². The smallest absolute Gasteiger partial charge is 0.329 e. The third-order valence-corrected chi connectivity index (χ3v) is 16.6. The highest BCUT2D eigenvalue weighted by molar-refractivity contribution is 6.40. The number of benzene rings is 2. The summed E-state index contributed by atoms with van der Waals surface area (Å²) in [7, 11) is 8.57. The number of rotatable bonds is 26. The first-order valence-electron chi connectivity index (χ1n) is 27.9. The van der Waals surface area contributed by atoms with Crippen molar-refractivity contribution in [1.29, 1.82) is 0 Å². The fourth-order valence-electron chi connectivity index (χ4n) is 12.3. The number of hydrazone groups is 1. The zero-order chi connectivity index (χ0) is 57.7. The van der Waals surface area contributed by atoms with E-state index < -0.39 is 47.4 Å². The quantitative estimate of drug-likeness (QED) is 0.0869. The molecule has 2 heterocycles. The van der Waals surface area contributed by atoms with Gasteiger partial charge in [0.25, 0.3) is 11.8 Å². The third kappa shape index (κ3) is 15.9. The Hall–Kier alpha value is -6.36. The number of methoxy groups -OCH3 is 2. The molecule has 0 aromatic heterocycles. The van der Waals surface area contributed by atoms with E-state index in [9.17, 15) is 54.0 Å². The second-order valence-electron chi connectivity index (χ2n) is 22.6. The number of ether oxygens (including phenoxy) is 2. The SMILES string of the molecule is COc1cccc(OC)c1C1CC(C(=O)NC2(C(=O)O)CCC3CC(C)CC2C3)=NN1c1ccc(C(=O)N(C)CCCN(C)CCCN(C)C(=O)CCC(C(=O)O)N2CCN(CC(=O)O)CCN(CC(=O)O)CC2)cc1C(C)C. The van der Waals surface area contributed by atoms with E-state index >= 15 is 0 Å². The van der Waals surface area contributed by atoms with Crippen molar-refractivity contribution in [3.8, 4) is 11.5 Å². The van der Waals surface area contributed by atoms with Gasteiger partial charge in [0.2, 0.25) is 5.91 Å². The van der Waals surface area contributed by atoms with E-state index in [1.54, 1.807) is 63.9 Å². The summed E-state index contributed by atoms with van der Waals surface area (Å²) < 4.78 is 11.7. The Bertz CT molecular complexity index is 2480. The molecule has 2 saturated carbocycles. The van der Waals surface area contributed by atoms with Crippen molar-refractivity contribution in [3.63, 3.8) is 0 Å². The van der Waals surface area contributed by atoms with E-state index in [0.29, 0.717) is 98.7 Å². The van der Waals surface area contributed by atoms with Gasteiger partial charge in [-0.15, -0.1) is 0 Å². The number of carboxylic acid groups (broad SMARTS) is 4. The zero-order valence-corrected chi connectivity index (χ0v) is 47.5. The van der Waals surface area contributed by atoms with Crippen molar-refractivity contribution in [2.75, 3.05) is 119 Å². The molecule has 6 rings (SSSR count). The Morgan fingerprint density at radius 3 is 1.94 bits per heavy atom. The molecule has 6 atom stereocenters. The number of carbonyl (C=O) groups excluding carboxylic acids is 3. The molecule has 2 aromatic carbocycles. The molecule has 79 heavy (non-hydrogen) atoms. The molecule has 3 amide bonds. The fraction of sp³-hybridized carbons (Fsp3) is 0.649. The van der Waals surface area contributed by atoms with Crippen LogP contribution < -0.4 is 19.8 Å². The van der Waals surface area contributed by atoms with Crippen LogP contribution in [0.2, 0.25) is 0 Å². The number of aliphatic carboxylic acids is 4. The number of carbonyl (C=O) groups is 7. The van der Waals surface area contributed by atoms with Crippen LogP contribution in [0.1, 0.15) is 118 Å². The molecule has 22 nitrogen and oxygen atoms in total. The molecule has 2 aliphatic carbocycles. The third-order valence-electron chi connectivity index (χ3n) is 16.6. The predicted octanol–water partition coefficient (Wildman–Crippen LogP) is 4.49. The van der Waals surface area contributed by atoms with E-state index in [-0.39, 0.29) is 87.9 Å². The molecular weight excluding hydrogens is 1020 g/mol. The van der Waals surface area contributed by atoms with Crippen LogP contribution >= 0.6 is 0 Å². The molecule has 2 aromatic rings. The monoisotopic (exact) mass is 1100 g/mol. The highest BCUT2D eigenvalue weighted by Gasteiger charge is 2.53. The maximum absolute atomic E-state index is 14.5. The molecule has 436 valence electrons. The normalized spacial score (nSPS) is 22.5. The first-order valence-corrected chi connectivity index (χ1v) is 27.9. The van der Waals surface area contributed by atoms with E-state index in [1.807, 2.05) is 51.2 Å². The van der Waals surface area contributed by atoms with Crippen LogP contribution in [0.5, 0.6) is 11.5 Å². The highest BCUT2D eigenvalue weighted by atomic mass is 16.5. The van der Waals surface area contributed by atoms with Gasteiger partial charge in [0, 0.05) is 84.9 Å². The van der Waals surface area contributed by atoms with Gasteiger partial charge in [0.1, 0.15) is 28.8 Å². The van der Waals surface area contributed by atoms with Crippen LogP contribution in [0, 0.1) is 17.8 Å². The fourth-order valence-corrected chi connectivity index (χ4v) is 12.3. The average Bonchev–Trinajstić information content (AvgIpc) is 3.93. The van der Waals surface area contributed by atoms with Crippen molar-refractivity contribution >= 4 is 53.0 Å². The minimum Gasteiger partial charge on any atom is -0.496 e. The van der Waals surface area contributed by atoms with E-state index in [0.717, 1.165) is 31.2 Å². The van der Waals surface area contributed by atoms with E-state index in [1.165, 1.54) is 0 Å². The lowest BCUT2D eigenvalue weighted by molar-refractivity contribution is -0.154. The number of carboxylic acids is 4. The first-order chi connectivity index (χ1) is 37.5. The number of nitrogens with zero attached hydrogens (tertiary/aromatic N) is 8. The van der Waals surface area contributed by atoms with Crippen LogP contribution in [0.25, 0.3) is 0 Å². The molecule has 4 aliphatic rings. The van der Waals surface area contributed by atoms with E-state index in [2.05, 4.69) is 17.1 Å². The van der Waals surface area contributed by atoms with Crippen LogP contribution in [-0.4, -0.2) is 223 Å². The Labute approximate surface area is 464 Å². The summed E-state index contributed by atoms with van der Waals surface area (Å²) in [4.78, 5) is 101. The number of amides is 3. The second kappa shape index (κ2) is 28.2. The molecule has 22 heteroatoms. The first kappa shape index (κ1) is 61.8. The number of fused-ring (bicyclic) bond motifs is 2. The predicted molar refractivity (Wildman–Crippen MR) is 297 cm³/mol. The summed E-state index contributed by atoms with van der Waals surface area (Å²) in [5.74, 6) is -3.44. The largest absolute Gasteiger partial charge is 0.496 e. The van der Waals surface area contributed by atoms with Gasteiger partial charge in [-0.2, -0.15) is 5.10 Å². The average molecular weight is 1100 g/mol. The lowest BCUT2D eigenvalue weighted by Gasteiger charge is -2.48. The van der Waals surface area contributed by atoms with Crippen molar-refractivity contribution < 1.29 is 63.5 Å². The molecule has 0 spiro atoms. The summed E-state index contributed by atoms with van der Waals surface area (Å²) in [6.45, 7) is 9.68. The van der Waals surface area contributed by atoms with Gasteiger partial charge in [-0.1, -0.05) is 26.8 Å². The van der Waals surface area contributed by atoms with Gasteiger partial charge in [-0.3, -0.25) is 48.5 Å². The topological polar surface area (TPSA) is 266 Å². The van der Waals surface area contributed by atoms with Crippen LogP contribution in [0.4, 0.5) is 5.69 Å². The Kier molecular flexibility index (Phi) is 22.1. The summed E-state index contributed by atoms with van der Waals surface area (Å²) in [6, 6.07) is 9.38. The zero-order valence-electron chi connectivity index (χ0n) is 47.5. The maximum Gasteiger partial charge on any atom is 0.329 e. The molecule has 2 bridgehead atoms. The van der Waals surface area contributed by atoms with Gasteiger partial charge < -0.3 is 49.9 Å². The number of hydrogen-bond acceptors (Lipinski definition) is 15. The number of hydrogen-bond donors (Lipinski definition) is 5. The summed E-state index contributed by atoms with van der Waals surface area (Å²) in [6.07, 6.45) is 5.17.